The lowest BCUT2D eigenvalue weighted by Gasteiger charge is -2.35. The first-order valence-electron chi connectivity index (χ1n) is 11.2. The van der Waals surface area contributed by atoms with Gasteiger partial charge < -0.3 is 9.64 Å². The fourth-order valence-corrected chi connectivity index (χ4v) is 4.35. The van der Waals surface area contributed by atoms with Crippen LogP contribution in [0.5, 0.6) is 5.75 Å². The number of pyridine rings is 1. The van der Waals surface area contributed by atoms with Crippen molar-refractivity contribution in [2.45, 2.75) is 44.7 Å². The molecule has 0 spiro atoms. The Balaban J connectivity index is 1.72. The molecule has 1 aliphatic carbocycles. The summed E-state index contributed by atoms with van der Waals surface area (Å²) in [7, 11) is 1.65. The molecule has 4 rings (SSSR count). The Labute approximate surface area is 189 Å². The van der Waals surface area contributed by atoms with E-state index in [0.717, 1.165) is 35.4 Å². The second-order valence-corrected chi connectivity index (χ2v) is 8.36. The Morgan fingerprint density at radius 3 is 2.31 bits per heavy atom. The van der Waals surface area contributed by atoms with Crippen LogP contribution in [0.1, 0.15) is 55.0 Å². The van der Waals surface area contributed by atoms with Gasteiger partial charge in [0.15, 0.2) is 0 Å². The summed E-state index contributed by atoms with van der Waals surface area (Å²) in [6, 6.07) is 20.1. The average Bonchev–Trinajstić information content (AvgIpc) is 3.66. The van der Waals surface area contributed by atoms with E-state index >= 15 is 0 Å². The first-order chi connectivity index (χ1) is 15.6. The van der Waals surface area contributed by atoms with E-state index in [-0.39, 0.29) is 23.7 Å². The molecule has 2 atom stereocenters. The highest BCUT2D eigenvalue weighted by atomic mass is 19.1. The summed E-state index contributed by atoms with van der Waals surface area (Å²) >= 11 is 0. The van der Waals surface area contributed by atoms with E-state index in [2.05, 4.69) is 17.1 Å². The number of halogens is 1. The van der Waals surface area contributed by atoms with Gasteiger partial charge in [0.25, 0.3) is 0 Å². The molecule has 0 saturated heterocycles. The fourth-order valence-electron chi connectivity index (χ4n) is 4.35. The van der Waals surface area contributed by atoms with Gasteiger partial charge in [0.2, 0.25) is 5.91 Å². The Bertz CT molecular complexity index is 1020. The number of ether oxygens (including phenoxy) is 1. The third kappa shape index (κ3) is 4.98. The summed E-state index contributed by atoms with van der Waals surface area (Å²) in [6.07, 6.45) is 4.59. The monoisotopic (exact) mass is 432 g/mol. The molecular weight excluding hydrogens is 403 g/mol. The number of amides is 1. The van der Waals surface area contributed by atoms with Crippen LogP contribution in [0.15, 0.2) is 72.9 Å². The quantitative estimate of drug-likeness (QED) is 0.423. The Kier molecular flexibility index (Phi) is 6.84. The zero-order chi connectivity index (χ0) is 22.5. The number of rotatable bonds is 9. The van der Waals surface area contributed by atoms with Gasteiger partial charge in [-0.15, -0.1) is 0 Å². The largest absolute Gasteiger partial charge is 0.497 e. The summed E-state index contributed by atoms with van der Waals surface area (Å²) in [5, 5.41) is 0. The number of carbonyl (C=O) groups excluding carboxylic acids is 1. The minimum atomic E-state index is -0.334. The van der Waals surface area contributed by atoms with Crippen molar-refractivity contribution in [3.05, 3.63) is 95.6 Å². The van der Waals surface area contributed by atoms with Gasteiger partial charge in [-0.1, -0.05) is 37.3 Å². The summed E-state index contributed by atoms with van der Waals surface area (Å²) in [5.41, 5.74) is 2.80. The lowest BCUT2D eigenvalue weighted by atomic mass is 9.92. The molecule has 1 aliphatic rings. The minimum Gasteiger partial charge on any atom is -0.497 e. The number of methoxy groups -OCH3 is 1. The maximum Gasteiger partial charge on any atom is 0.230 e. The van der Waals surface area contributed by atoms with Crippen molar-refractivity contribution in [3.63, 3.8) is 0 Å². The SMILES string of the molecule is CCC(C(=O)N(Cc1ccccn1)C(c1ccc(OC)cc1)C1CC1)c1ccc(F)cc1. The van der Waals surface area contributed by atoms with E-state index in [0.29, 0.717) is 18.9 Å². The number of nitrogens with zero attached hydrogens (tertiary/aromatic N) is 2. The highest BCUT2D eigenvalue weighted by Crippen LogP contribution is 2.46. The molecule has 2 aromatic carbocycles. The number of carbonyl (C=O) groups is 1. The van der Waals surface area contributed by atoms with Gasteiger partial charge in [-0.25, -0.2) is 4.39 Å². The predicted octanol–water partition coefficient (Wildman–Crippen LogP) is 5.90. The van der Waals surface area contributed by atoms with Gasteiger partial charge >= 0.3 is 0 Å². The summed E-state index contributed by atoms with van der Waals surface area (Å²) in [6.45, 7) is 2.44. The molecule has 32 heavy (non-hydrogen) atoms. The highest BCUT2D eigenvalue weighted by molar-refractivity contribution is 5.84. The van der Waals surface area contributed by atoms with Crippen molar-refractivity contribution in [1.29, 1.82) is 0 Å². The van der Waals surface area contributed by atoms with E-state index in [9.17, 15) is 9.18 Å². The zero-order valence-electron chi connectivity index (χ0n) is 18.6. The van der Waals surface area contributed by atoms with E-state index < -0.39 is 0 Å². The summed E-state index contributed by atoms with van der Waals surface area (Å²) in [4.78, 5) is 20.5. The molecule has 1 heterocycles. The summed E-state index contributed by atoms with van der Waals surface area (Å²) < 4.78 is 18.8. The van der Waals surface area contributed by atoms with Crippen molar-refractivity contribution in [1.82, 2.24) is 9.88 Å². The lowest BCUT2D eigenvalue weighted by molar-refractivity contribution is -0.136. The molecule has 2 unspecified atom stereocenters. The highest BCUT2D eigenvalue weighted by Gasteiger charge is 2.40. The van der Waals surface area contributed by atoms with Gasteiger partial charge in [0.1, 0.15) is 11.6 Å². The van der Waals surface area contributed by atoms with Crippen LogP contribution in [0, 0.1) is 11.7 Å². The second-order valence-electron chi connectivity index (χ2n) is 8.36. The topological polar surface area (TPSA) is 42.4 Å². The standard InChI is InChI=1S/C27H29FN2O2/c1-3-25(19-9-13-22(28)14-10-19)27(31)30(18-23-6-4-5-17-29-23)26(20-7-8-20)21-11-15-24(32-2)16-12-21/h4-6,9-17,20,25-26H,3,7-8,18H2,1-2H3. The molecule has 5 heteroatoms. The number of benzene rings is 2. The van der Waals surface area contributed by atoms with Crippen LogP contribution in [0.25, 0.3) is 0 Å². The van der Waals surface area contributed by atoms with Gasteiger partial charge in [0, 0.05) is 6.20 Å². The van der Waals surface area contributed by atoms with Crippen LogP contribution >= 0.6 is 0 Å². The smallest absolute Gasteiger partial charge is 0.230 e. The number of aromatic nitrogens is 1. The van der Waals surface area contributed by atoms with E-state index in [4.69, 9.17) is 4.74 Å². The first kappa shape index (κ1) is 22.0. The van der Waals surface area contributed by atoms with Crippen LogP contribution in [0.2, 0.25) is 0 Å². The number of hydrogen-bond donors (Lipinski definition) is 0. The van der Waals surface area contributed by atoms with Crippen LogP contribution in [0.4, 0.5) is 4.39 Å². The normalized spacial score (nSPS) is 15.1. The molecule has 0 N–H and O–H groups in total. The van der Waals surface area contributed by atoms with Crippen molar-refractivity contribution in [2.24, 2.45) is 5.92 Å². The molecule has 1 aromatic heterocycles. The fraction of sp³-hybridized carbons (Fsp3) is 0.333. The molecular formula is C27H29FN2O2. The molecule has 0 bridgehead atoms. The van der Waals surface area contributed by atoms with Gasteiger partial charge in [0.05, 0.1) is 31.3 Å². The maximum absolute atomic E-state index is 14.0. The van der Waals surface area contributed by atoms with Crippen molar-refractivity contribution in [2.75, 3.05) is 7.11 Å². The van der Waals surface area contributed by atoms with Crippen molar-refractivity contribution >= 4 is 5.91 Å². The minimum absolute atomic E-state index is 0.0371. The second kappa shape index (κ2) is 9.94. The zero-order valence-corrected chi connectivity index (χ0v) is 18.6. The third-order valence-corrected chi connectivity index (χ3v) is 6.18. The Hall–Kier alpha value is -3.21. The molecule has 0 radical (unpaired) electrons. The van der Waals surface area contributed by atoms with Gasteiger partial charge in [-0.3, -0.25) is 9.78 Å². The van der Waals surface area contributed by atoms with Gasteiger partial charge in [-0.05, 0) is 72.7 Å². The number of hydrogen-bond acceptors (Lipinski definition) is 3. The van der Waals surface area contributed by atoms with E-state index in [1.165, 1.54) is 12.1 Å². The molecule has 166 valence electrons. The first-order valence-corrected chi connectivity index (χ1v) is 11.2. The lowest BCUT2D eigenvalue weighted by Crippen LogP contribution is -2.39. The average molecular weight is 433 g/mol. The van der Waals surface area contributed by atoms with Crippen LogP contribution in [0.3, 0.4) is 0 Å². The van der Waals surface area contributed by atoms with E-state index in [1.807, 2.05) is 42.2 Å². The molecule has 1 saturated carbocycles. The summed E-state index contributed by atoms with van der Waals surface area (Å²) in [5.74, 6) is 0.636. The molecule has 3 aromatic rings. The van der Waals surface area contributed by atoms with Crippen LogP contribution in [-0.4, -0.2) is 22.9 Å². The van der Waals surface area contributed by atoms with E-state index in [1.54, 1.807) is 25.4 Å². The van der Waals surface area contributed by atoms with Crippen LogP contribution in [-0.2, 0) is 11.3 Å². The van der Waals surface area contributed by atoms with Crippen LogP contribution < -0.4 is 4.74 Å². The Morgan fingerprint density at radius 2 is 1.75 bits per heavy atom. The predicted molar refractivity (Wildman–Crippen MR) is 123 cm³/mol. The molecule has 0 aliphatic heterocycles. The third-order valence-electron chi connectivity index (χ3n) is 6.18. The molecule has 1 amide bonds. The van der Waals surface area contributed by atoms with Crippen molar-refractivity contribution in [3.8, 4) is 5.75 Å². The maximum atomic E-state index is 14.0. The molecule has 1 fully saturated rings. The van der Waals surface area contributed by atoms with Crippen molar-refractivity contribution < 1.29 is 13.9 Å². The molecule has 4 nitrogen and oxygen atoms in total. The Morgan fingerprint density at radius 1 is 1.06 bits per heavy atom. The van der Waals surface area contributed by atoms with Gasteiger partial charge in [-0.2, -0.15) is 0 Å².